The van der Waals surface area contributed by atoms with Crippen LogP contribution in [0.5, 0.6) is 5.75 Å². The summed E-state index contributed by atoms with van der Waals surface area (Å²) >= 11 is 6.30. The summed E-state index contributed by atoms with van der Waals surface area (Å²) in [7, 11) is -1.85. The molecular formula is C25H32ClN3O4S. The Bertz CT molecular complexity index is 1160. The predicted octanol–water partition coefficient (Wildman–Crippen LogP) is 4.09. The van der Waals surface area contributed by atoms with Crippen LogP contribution in [0.25, 0.3) is 0 Å². The number of nitrogens with one attached hydrogen (secondary N) is 1. The molecule has 2 aliphatic rings. The minimum Gasteiger partial charge on any atom is -0.487 e. The highest BCUT2D eigenvalue weighted by atomic mass is 35.5. The van der Waals surface area contributed by atoms with E-state index in [9.17, 15) is 13.2 Å². The molecule has 1 amide bonds. The molecule has 184 valence electrons. The highest BCUT2D eigenvalue weighted by Crippen LogP contribution is 2.42. The molecule has 34 heavy (non-hydrogen) atoms. The SMILES string of the molecule is CCC1(CC)CC(NC(=O)c2ccc(Cl)c(S(=O)(=O)N3CCN(C)CC3)c2)c2ccccc2O1. The van der Waals surface area contributed by atoms with Gasteiger partial charge in [0.05, 0.1) is 11.1 Å². The van der Waals surface area contributed by atoms with Gasteiger partial charge in [0.1, 0.15) is 16.2 Å². The molecule has 0 saturated carbocycles. The molecule has 4 rings (SSSR count). The number of fused-ring (bicyclic) bond motifs is 1. The van der Waals surface area contributed by atoms with Crippen LogP contribution in [0, 0.1) is 0 Å². The smallest absolute Gasteiger partial charge is 0.251 e. The summed E-state index contributed by atoms with van der Waals surface area (Å²) < 4.78 is 34.3. The number of halogens is 1. The van der Waals surface area contributed by atoms with E-state index in [1.165, 1.54) is 16.4 Å². The second-order valence-electron chi connectivity index (χ2n) is 9.11. The largest absolute Gasteiger partial charge is 0.487 e. The molecule has 1 N–H and O–H groups in total. The highest BCUT2D eigenvalue weighted by Gasteiger charge is 2.39. The molecule has 2 aliphatic heterocycles. The monoisotopic (exact) mass is 505 g/mol. The number of ether oxygens (including phenoxy) is 1. The lowest BCUT2D eigenvalue weighted by molar-refractivity contribution is 0.0227. The van der Waals surface area contributed by atoms with Crippen molar-refractivity contribution in [3.05, 3.63) is 58.6 Å². The molecule has 7 nitrogen and oxygen atoms in total. The van der Waals surface area contributed by atoms with Gasteiger partial charge in [-0.1, -0.05) is 43.6 Å². The highest BCUT2D eigenvalue weighted by molar-refractivity contribution is 7.89. The first-order chi connectivity index (χ1) is 16.2. The van der Waals surface area contributed by atoms with Crippen LogP contribution in [-0.4, -0.2) is 62.4 Å². The van der Waals surface area contributed by atoms with E-state index >= 15 is 0 Å². The molecule has 9 heteroatoms. The number of nitrogens with zero attached hydrogens (tertiary/aromatic N) is 2. The van der Waals surface area contributed by atoms with Crippen LogP contribution < -0.4 is 10.1 Å². The number of hydrogen-bond donors (Lipinski definition) is 1. The van der Waals surface area contributed by atoms with Crippen molar-refractivity contribution < 1.29 is 17.9 Å². The molecule has 2 aromatic rings. The average molecular weight is 506 g/mol. The fourth-order valence-corrected chi connectivity index (χ4v) is 6.60. The molecular weight excluding hydrogens is 474 g/mol. The lowest BCUT2D eigenvalue weighted by atomic mass is 9.83. The Kier molecular flexibility index (Phi) is 7.24. The van der Waals surface area contributed by atoms with E-state index in [2.05, 4.69) is 24.1 Å². The number of sulfonamides is 1. The summed E-state index contributed by atoms with van der Waals surface area (Å²) in [6.07, 6.45) is 2.28. The normalized spacial score (nSPS) is 20.9. The van der Waals surface area contributed by atoms with E-state index < -0.39 is 10.0 Å². The molecule has 1 fully saturated rings. The Hall–Kier alpha value is -2.13. The third-order valence-corrected chi connectivity index (χ3v) is 9.44. The quantitative estimate of drug-likeness (QED) is 0.639. The van der Waals surface area contributed by atoms with Gasteiger partial charge < -0.3 is 15.0 Å². The number of para-hydroxylation sites is 1. The number of rotatable bonds is 6. The minimum absolute atomic E-state index is 0.0322. The summed E-state index contributed by atoms with van der Waals surface area (Å²) in [4.78, 5) is 15.4. The van der Waals surface area contributed by atoms with Crippen LogP contribution in [0.2, 0.25) is 5.02 Å². The summed E-state index contributed by atoms with van der Waals surface area (Å²) in [5.41, 5.74) is 0.828. The average Bonchev–Trinajstić information content (AvgIpc) is 2.84. The third kappa shape index (κ3) is 4.82. The van der Waals surface area contributed by atoms with Gasteiger partial charge in [0.25, 0.3) is 5.91 Å². The summed E-state index contributed by atoms with van der Waals surface area (Å²) in [5.74, 6) is 0.437. The van der Waals surface area contributed by atoms with Crippen LogP contribution in [-0.2, 0) is 10.0 Å². The van der Waals surface area contributed by atoms with Gasteiger partial charge in [0, 0.05) is 43.7 Å². The summed E-state index contributed by atoms with van der Waals surface area (Å²) in [6.45, 7) is 6.25. The Morgan fingerprint density at radius 1 is 1.12 bits per heavy atom. The Morgan fingerprint density at radius 3 is 2.47 bits per heavy atom. The van der Waals surface area contributed by atoms with Gasteiger partial charge in [-0.3, -0.25) is 4.79 Å². The maximum absolute atomic E-state index is 13.3. The molecule has 0 bridgehead atoms. The van der Waals surface area contributed by atoms with Gasteiger partial charge >= 0.3 is 0 Å². The molecule has 0 aliphatic carbocycles. The molecule has 2 heterocycles. The fraction of sp³-hybridized carbons (Fsp3) is 0.480. The summed E-state index contributed by atoms with van der Waals surface area (Å²) in [5, 5.41) is 3.23. The molecule has 0 radical (unpaired) electrons. The van der Waals surface area contributed by atoms with E-state index in [4.69, 9.17) is 16.3 Å². The van der Waals surface area contributed by atoms with E-state index in [0.717, 1.165) is 24.2 Å². The van der Waals surface area contributed by atoms with Crippen molar-refractivity contribution in [2.24, 2.45) is 0 Å². The zero-order chi connectivity index (χ0) is 24.5. The van der Waals surface area contributed by atoms with E-state index in [1.807, 2.05) is 31.3 Å². The van der Waals surface area contributed by atoms with Gasteiger partial charge in [-0.2, -0.15) is 4.31 Å². The van der Waals surface area contributed by atoms with Crippen molar-refractivity contribution in [3.8, 4) is 5.75 Å². The number of likely N-dealkylation sites (N-methyl/N-ethyl adjacent to an activating group) is 1. The van der Waals surface area contributed by atoms with Gasteiger partial charge in [-0.15, -0.1) is 0 Å². The predicted molar refractivity (Wildman–Crippen MR) is 133 cm³/mol. The second kappa shape index (κ2) is 9.85. The Labute approximate surface area is 207 Å². The van der Waals surface area contributed by atoms with Crippen LogP contribution in [0.3, 0.4) is 0 Å². The van der Waals surface area contributed by atoms with Gasteiger partial charge in [0.15, 0.2) is 0 Å². The van der Waals surface area contributed by atoms with Crippen molar-refractivity contribution in [3.63, 3.8) is 0 Å². The lowest BCUT2D eigenvalue weighted by Crippen LogP contribution is -2.47. The molecule has 1 unspecified atom stereocenters. The van der Waals surface area contributed by atoms with Crippen LogP contribution >= 0.6 is 11.6 Å². The first kappa shape index (κ1) is 25.0. The first-order valence-electron chi connectivity index (χ1n) is 11.8. The number of hydrogen-bond acceptors (Lipinski definition) is 5. The number of carbonyl (C=O) groups is 1. The minimum atomic E-state index is -3.81. The molecule has 1 saturated heterocycles. The second-order valence-corrected chi connectivity index (χ2v) is 11.4. The zero-order valence-electron chi connectivity index (χ0n) is 19.9. The maximum atomic E-state index is 13.3. The van der Waals surface area contributed by atoms with Crippen LogP contribution in [0.15, 0.2) is 47.4 Å². The van der Waals surface area contributed by atoms with Gasteiger partial charge in [-0.25, -0.2) is 8.42 Å². The van der Waals surface area contributed by atoms with Gasteiger partial charge in [0.2, 0.25) is 10.0 Å². The Morgan fingerprint density at radius 2 is 1.79 bits per heavy atom. The van der Waals surface area contributed by atoms with Crippen molar-refractivity contribution in [1.82, 2.24) is 14.5 Å². The Balaban J connectivity index is 1.61. The number of benzene rings is 2. The topological polar surface area (TPSA) is 79.0 Å². The first-order valence-corrected chi connectivity index (χ1v) is 13.6. The molecule has 2 aromatic carbocycles. The maximum Gasteiger partial charge on any atom is 0.251 e. The lowest BCUT2D eigenvalue weighted by Gasteiger charge is -2.41. The number of carbonyl (C=O) groups excluding carboxylic acids is 1. The molecule has 0 aromatic heterocycles. The molecule has 0 spiro atoms. The summed E-state index contributed by atoms with van der Waals surface area (Å²) in [6, 6.07) is 11.9. The fourth-order valence-electron chi connectivity index (χ4n) is 4.68. The van der Waals surface area contributed by atoms with E-state index in [1.54, 1.807) is 6.07 Å². The van der Waals surface area contributed by atoms with E-state index in [-0.39, 0.29) is 33.0 Å². The third-order valence-electron chi connectivity index (χ3n) is 7.06. The van der Waals surface area contributed by atoms with Crippen LogP contribution in [0.4, 0.5) is 0 Å². The van der Waals surface area contributed by atoms with Crippen molar-refractivity contribution in [1.29, 1.82) is 0 Å². The van der Waals surface area contributed by atoms with Gasteiger partial charge in [-0.05, 0) is 44.2 Å². The van der Waals surface area contributed by atoms with Crippen LogP contribution in [0.1, 0.15) is 55.1 Å². The van der Waals surface area contributed by atoms with Crippen molar-refractivity contribution in [2.45, 2.75) is 49.6 Å². The standard InChI is InChI=1S/C25H32ClN3O4S/c1-4-25(5-2)17-21(19-8-6-7-9-22(19)33-25)27-24(30)18-10-11-20(26)23(16-18)34(31,32)29-14-12-28(3)13-15-29/h6-11,16,21H,4-5,12-15,17H2,1-3H3,(H,27,30). The zero-order valence-corrected chi connectivity index (χ0v) is 21.5. The number of piperazine rings is 1. The molecule has 1 atom stereocenters. The number of amides is 1. The van der Waals surface area contributed by atoms with Crippen molar-refractivity contribution in [2.75, 3.05) is 33.2 Å². The van der Waals surface area contributed by atoms with Crippen molar-refractivity contribution >= 4 is 27.5 Å². The van der Waals surface area contributed by atoms with E-state index in [0.29, 0.717) is 32.6 Å².